The number of halogens is 1. The molecule has 134 valence electrons. The number of benzene rings is 3. The number of rotatable bonds is 5. The van der Waals surface area contributed by atoms with Gasteiger partial charge >= 0.3 is 0 Å². The van der Waals surface area contributed by atoms with Crippen LogP contribution < -0.4 is 10.6 Å². The van der Waals surface area contributed by atoms with E-state index in [0.717, 1.165) is 5.56 Å². The third kappa shape index (κ3) is 5.56. The average Bonchev–Trinajstić information content (AvgIpc) is 2.69. The standard InChI is InChI=1S/C22H17ClN2O2/c23-18-8-4-7-17(15-18)22(27)25-20-12-10-19(11-13-20)24-21(26)14-9-16-5-2-1-3-6-16/h1-15H,(H,24,26)(H,25,27)/b14-9+. The lowest BCUT2D eigenvalue weighted by Gasteiger charge is -2.07. The van der Waals surface area contributed by atoms with Crippen molar-refractivity contribution in [2.45, 2.75) is 0 Å². The molecule has 0 radical (unpaired) electrons. The summed E-state index contributed by atoms with van der Waals surface area (Å²) < 4.78 is 0. The number of anilines is 2. The number of hydrogen-bond acceptors (Lipinski definition) is 2. The molecule has 0 spiro atoms. The van der Waals surface area contributed by atoms with Gasteiger partial charge in [0, 0.05) is 28.0 Å². The first kappa shape index (κ1) is 18.4. The van der Waals surface area contributed by atoms with E-state index in [-0.39, 0.29) is 11.8 Å². The van der Waals surface area contributed by atoms with E-state index in [1.54, 1.807) is 54.6 Å². The average molecular weight is 377 g/mol. The Labute approximate surface area is 162 Å². The van der Waals surface area contributed by atoms with Gasteiger partial charge in [-0.25, -0.2) is 0 Å². The molecule has 0 aliphatic heterocycles. The molecular formula is C22H17ClN2O2. The van der Waals surface area contributed by atoms with Crippen molar-refractivity contribution < 1.29 is 9.59 Å². The Bertz CT molecular complexity index is 967. The van der Waals surface area contributed by atoms with Gasteiger partial charge in [0.1, 0.15) is 0 Å². The minimum atomic E-state index is -0.250. The van der Waals surface area contributed by atoms with Gasteiger partial charge in [0.05, 0.1) is 0 Å². The number of amides is 2. The van der Waals surface area contributed by atoms with Crippen molar-refractivity contribution in [2.24, 2.45) is 0 Å². The zero-order valence-electron chi connectivity index (χ0n) is 14.4. The van der Waals surface area contributed by atoms with Crippen LogP contribution in [0.2, 0.25) is 5.02 Å². The van der Waals surface area contributed by atoms with Crippen LogP contribution in [0.4, 0.5) is 11.4 Å². The van der Waals surface area contributed by atoms with Crippen LogP contribution in [0.15, 0.2) is 84.9 Å². The second-order valence-corrected chi connectivity index (χ2v) is 6.21. The summed E-state index contributed by atoms with van der Waals surface area (Å²) in [4.78, 5) is 24.2. The first-order valence-corrected chi connectivity index (χ1v) is 8.69. The highest BCUT2D eigenvalue weighted by Crippen LogP contribution is 2.16. The van der Waals surface area contributed by atoms with Crippen molar-refractivity contribution in [1.29, 1.82) is 0 Å². The topological polar surface area (TPSA) is 58.2 Å². The van der Waals surface area contributed by atoms with Gasteiger partial charge < -0.3 is 10.6 Å². The predicted octanol–water partition coefficient (Wildman–Crippen LogP) is 5.24. The van der Waals surface area contributed by atoms with Gasteiger partial charge in [-0.1, -0.05) is 48.0 Å². The van der Waals surface area contributed by atoms with Gasteiger partial charge in [0.25, 0.3) is 5.91 Å². The third-order valence-electron chi connectivity index (χ3n) is 3.72. The number of carbonyl (C=O) groups is 2. The minimum absolute atomic E-state index is 0.227. The zero-order chi connectivity index (χ0) is 19.1. The van der Waals surface area contributed by atoms with E-state index in [0.29, 0.717) is 22.0 Å². The molecule has 0 aromatic heterocycles. The molecule has 0 atom stereocenters. The maximum atomic E-state index is 12.2. The Morgan fingerprint density at radius 3 is 2.11 bits per heavy atom. The molecule has 0 unspecified atom stereocenters. The van der Waals surface area contributed by atoms with E-state index in [4.69, 9.17) is 11.6 Å². The van der Waals surface area contributed by atoms with Crippen LogP contribution in [-0.4, -0.2) is 11.8 Å². The molecule has 0 aliphatic rings. The number of carbonyl (C=O) groups excluding carboxylic acids is 2. The molecule has 0 bridgehead atoms. The molecule has 3 rings (SSSR count). The summed E-state index contributed by atoms with van der Waals surface area (Å²) in [6.45, 7) is 0. The first-order chi connectivity index (χ1) is 13.1. The van der Waals surface area contributed by atoms with Gasteiger partial charge in [0.2, 0.25) is 5.91 Å². The third-order valence-corrected chi connectivity index (χ3v) is 3.96. The van der Waals surface area contributed by atoms with E-state index in [2.05, 4.69) is 10.6 Å². The van der Waals surface area contributed by atoms with Crippen molar-refractivity contribution in [1.82, 2.24) is 0 Å². The summed E-state index contributed by atoms with van der Waals surface area (Å²) in [6, 6.07) is 23.2. The Morgan fingerprint density at radius 1 is 0.778 bits per heavy atom. The van der Waals surface area contributed by atoms with Crippen molar-refractivity contribution in [3.8, 4) is 0 Å². The second kappa shape index (κ2) is 8.83. The first-order valence-electron chi connectivity index (χ1n) is 8.31. The molecule has 0 aliphatic carbocycles. The molecule has 2 amide bonds. The molecule has 27 heavy (non-hydrogen) atoms. The van der Waals surface area contributed by atoms with Crippen LogP contribution in [0.1, 0.15) is 15.9 Å². The maximum Gasteiger partial charge on any atom is 0.255 e. The maximum absolute atomic E-state index is 12.2. The normalized spacial score (nSPS) is 10.6. The lowest BCUT2D eigenvalue weighted by atomic mass is 10.2. The number of nitrogens with one attached hydrogen (secondary N) is 2. The van der Waals surface area contributed by atoms with E-state index in [9.17, 15) is 9.59 Å². The fraction of sp³-hybridized carbons (Fsp3) is 0. The van der Waals surface area contributed by atoms with Crippen molar-refractivity contribution in [3.63, 3.8) is 0 Å². The Hall–Kier alpha value is -3.37. The van der Waals surface area contributed by atoms with Crippen molar-refractivity contribution >= 4 is 40.9 Å². The quantitative estimate of drug-likeness (QED) is 0.598. The lowest BCUT2D eigenvalue weighted by Crippen LogP contribution is -2.12. The van der Waals surface area contributed by atoms with E-state index < -0.39 is 0 Å². The van der Waals surface area contributed by atoms with Crippen molar-refractivity contribution in [3.05, 3.63) is 101 Å². The summed E-state index contributed by atoms with van der Waals surface area (Å²) in [5, 5.41) is 6.07. The molecule has 0 fully saturated rings. The second-order valence-electron chi connectivity index (χ2n) is 5.78. The SMILES string of the molecule is O=C(/C=C/c1ccccc1)Nc1ccc(NC(=O)c2cccc(Cl)c2)cc1. The molecule has 3 aromatic rings. The van der Waals surface area contributed by atoms with Gasteiger partial charge in [-0.2, -0.15) is 0 Å². The summed E-state index contributed by atoms with van der Waals surface area (Å²) in [5.74, 6) is -0.477. The molecule has 2 N–H and O–H groups in total. The fourth-order valence-corrected chi connectivity index (χ4v) is 2.58. The van der Waals surface area contributed by atoms with Crippen LogP contribution >= 0.6 is 11.6 Å². The summed E-state index contributed by atoms with van der Waals surface area (Å²) >= 11 is 5.90. The van der Waals surface area contributed by atoms with Gasteiger partial charge in [-0.3, -0.25) is 9.59 Å². The Morgan fingerprint density at radius 2 is 1.44 bits per heavy atom. The van der Waals surface area contributed by atoms with Gasteiger partial charge in [0.15, 0.2) is 0 Å². The number of hydrogen-bond donors (Lipinski definition) is 2. The van der Waals surface area contributed by atoms with Crippen LogP contribution in [0.3, 0.4) is 0 Å². The van der Waals surface area contributed by atoms with E-state index >= 15 is 0 Å². The zero-order valence-corrected chi connectivity index (χ0v) is 15.1. The summed E-state index contributed by atoms with van der Waals surface area (Å²) in [5.41, 5.74) is 2.69. The molecule has 4 nitrogen and oxygen atoms in total. The minimum Gasteiger partial charge on any atom is -0.323 e. The summed E-state index contributed by atoms with van der Waals surface area (Å²) in [6.07, 6.45) is 3.22. The van der Waals surface area contributed by atoms with E-state index in [1.165, 1.54) is 6.08 Å². The molecule has 5 heteroatoms. The van der Waals surface area contributed by atoms with Gasteiger partial charge in [-0.05, 0) is 54.1 Å². The monoisotopic (exact) mass is 376 g/mol. The molecule has 3 aromatic carbocycles. The van der Waals surface area contributed by atoms with Crippen LogP contribution in [0.25, 0.3) is 6.08 Å². The molecule has 0 heterocycles. The van der Waals surface area contributed by atoms with Crippen LogP contribution in [-0.2, 0) is 4.79 Å². The molecule has 0 saturated heterocycles. The van der Waals surface area contributed by atoms with E-state index in [1.807, 2.05) is 30.3 Å². The largest absolute Gasteiger partial charge is 0.323 e. The highest BCUT2D eigenvalue weighted by molar-refractivity contribution is 6.31. The fourth-order valence-electron chi connectivity index (χ4n) is 2.39. The molecule has 0 saturated carbocycles. The predicted molar refractivity (Wildman–Crippen MR) is 110 cm³/mol. The molecular weight excluding hydrogens is 360 g/mol. The highest BCUT2D eigenvalue weighted by atomic mass is 35.5. The Balaban J connectivity index is 1.57. The van der Waals surface area contributed by atoms with Crippen molar-refractivity contribution in [2.75, 3.05) is 10.6 Å². The Kier molecular flexibility index (Phi) is 6.02. The highest BCUT2D eigenvalue weighted by Gasteiger charge is 2.06. The smallest absolute Gasteiger partial charge is 0.255 e. The summed E-state index contributed by atoms with van der Waals surface area (Å²) in [7, 11) is 0. The van der Waals surface area contributed by atoms with Crippen LogP contribution in [0, 0.1) is 0 Å². The van der Waals surface area contributed by atoms with Gasteiger partial charge in [-0.15, -0.1) is 0 Å². The van der Waals surface area contributed by atoms with Crippen LogP contribution in [0.5, 0.6) is 0 Å². The lowest BCUT2D eigenvalue weighted by molar-refractivity contribution is -0.111.